The van der Waals surface area contributed by atoms with Crippen LogP contribution in [0.4, 0.5) is 4.39 Å². The van der Waals surface area contributed by atoms with Crippen molar-refractivity contribution < 1.29 is 9.13 Å². The van der Waals surface area contributed by atoms with Gasteiger partial charge in [0.1, 0.15) is 5.82 Å². The molecule has 0 aromatic heterocycles. The summed E-state index contributed by atoms with van der Waals surface area (Å²) in [6, 6.07) is 7.03. The van der Waals surface area contributed by atoms with E-state index >= 15 is 0 Å². The van der Waals surface area contributed by atoms with Crippen molar-refractivity contribution in [2.45, 2.75) is 25.7 Å². The number of benzene rings is 1. The Morgan fingerprint density at radius 1 is 1.35 bits per heavy atom. The van der Waals surface area contributed by atoms with Gasteiger partial charge < -0.3 is 10.1 Å². The molecule has 0 heterocycles. The minimum atomic E-state index is -0.107. The predicted molar refractivity (Wildman–Crippen MR) is 68.8 cm³/mol. The maximum absolute atomic E-state index is 13.7. The van der Waals surface area contributed by atoms with E-state index in [9.17, 15) is 4.39 Å². The molecule has 0 aliphatic rings. The first kappa shape index (κ1) is 14.1. The lowest BCUT2D eigenvalue weighted by Crippen LogP contribution is -2.18. The van der Waals surface area contributed by atoms with Gasteiger partial charge in [0.15, 0.2) is 0 Å². The number of hydrogen-bond donors (Lipinski definition) is 1. The standard InChI is InChI=1S/C14H22FNO/c1-3-17-10-6-7-12(11-16-2)13-8-4-5-9-14(13)15/h4-5,8-9,12,16H,3,6-7,10-11H2,1-2H3. The topological polar surface area (TPSA) is 21.3 Å². The number of halogens is 1. The number of likely N-dealkylation sites (N-methyl/N-ethyl adjacent to an activating group) is 1. The van der Waals surface area contributed by atoms with Crippen LogP contribution in [0.1, 0.15) is 31.2 Å². The van der Waals surface area contributed by atoms with Crippen molar-refractivity contribution >= 4 is 0 Å². The highest BCUT2D eigenvalue weighted by Crippen LogP contribution is 2.23. The predicted octanol–water partition coefficient (Wildman–Crippen LogP) is 2.95. The molecular weight excluding hydrogens is 217 g/mol. The van der Waals surface area contributed by atoms with E-state index < -0.39 is 0 Å². The molecule has 96 valence electrons. The minimum Gasteiger partial charge on any atom is -0.382 e. The molecule has 0 amide bonds. The highest BCUT2D eigenvalue weighted by molar-refractivity contribution is 5.22. The van der Waals surface area contributed by atoms with E-state index in [0.717, 1.165) is 38.2 Å². The number of ether oxygens (including phenoxy) is 1. The molecule has 1 aromatic carbocycles. The van der Waals surface area contributed by atoms with Crippen molar-refractivity contribution in [1.82, 2.24) is 5.32 Å². The van der Waals surface area contributed by atoms with E-state index in [2.05, 4.69) is 5.32 Å². The van der Waals surface area contributed by atoms with Gasteiger partial charge in [-0.05, 0) is 44.4 Å². The fourth-order valence-corrected chi connectivity index (χ4v) is 2.00. The van der Waals surface area contributed by atoms with Gasteiger partial charge in [0.05, 0.1) is 0 Å². The van der Waals surface area contributed by atoms with Crippen LogP contribution in [0, 0.1) is 5.82 Å². The molecule has 0 radical (unpaired) electrons. The van der Waals surface area contributed by atoms with Crippen LogP contribution in [0.5, 0.6) is 0 Å². The lowest BCUT2D eigenvalue weighted by Gasteiger charge is -2.17. The summed E-state index contributed by atoms with van der Waals surface area (Å²) in [7, 11) is 1.90. The third kappa shape index (κ3) is 4.84. The van der Waals surface area contributed by atoms with Crippen molar-refractivity contribution in [3.05, 3.63) is 35.6 Å². The molecule has 1 atom stereocenters. The van der Waals surface area contributed by atoms with Crippen molar-refractivity contribution in [3.63, 3.8) is 0 Å². The molecule has 0 fully saturated rings. The molecule has 1 rings (SSSR count). The second-order valence-electron chi connectivity index (χ2n) is 4.12. The second-order valence-corrected chi connectivity index (χ2v) is 4.12. The Kier molecular flexibility index (Phi) is 6.82. The van der Waals surface area contributed by atoms with Crippen LogP contribution in [0.2, 0.25) is 0 Å². The summed E-state index contributed by atoms with van der Waals surface area (Å²) >= 11 is 0. The van der Waals surface area contributed by atoms with Gasteiger partial charge in [-0.3, -0.25) is 0 Å². The van der Waals surface area contributed by atoms with Gasteiger partial charge in [-0.2, -0.15) is 0 Å². The Morgan fingerprint density at radius 3 is 2.76 bits per heavy atom. The van der Waals surface area contributed by atoms with E-state index in [-0.39, 0.29) is 11.7 Å². The molecule has 17 heavy (non-hydrogen) atoms. The van der Waals surface area contributed by atoms with E-state index in [0.29, 0.717) is 0 Å². The number of nitrogens with one attached hydrogen (secondary N) is 1. The molecular formula is C14H22FNO. The number of rotatable bonds is 8. The van der Waals surface area contributed by atoms with Crippen molar-refractivity contribution in [2.75, 3.05) is 26.8 Å². The SMILES string of the molecule is CCOCCCC(CNC)c1ccccc1F. The molecule has 0 aliphatic heterocycles. The highest BCUT2D eigenvalue weighted by Gasteiger charge is 2.14. The molecule has 3 heteroatoms. The van der Waals surface area contributed by atoms with Crippen LogP contribution in [0.15, 0.2) is 24.3 Å². The normalized spacial score (nSPS) is 12.6. The van der Waals surface area contributed by atoms with Crippen LogP contribution in [-0.2, 0) is 4.74 Å². The van der Waals surface area contributed by atoms with Gasteiger partial charge in [0, 0.05) is 19.8 Å². The van der Waals surface area contributed by atoms with E-state index in [1.165, 1.54) is 6.07 Å². The van der Waals surface area contributed by atoms with Crippen molar-refractivity contribution in [1.29, 1.82) is 0 Å². The summed E-state index contributed by atoms with van der Waals surface area (Å²) in [5.74, 6) is 0.116. The van der Waals surface area contributed by atoms with Crippen LogP contribution in [0.3, 0.4) is 0 Å². The van der Waals surface area contributed by atoms with E-state index in [4.69, 9.17) is 4.74 Å². The van der Waals surface area contributed by atoms with Crippen LogP contribution in [-0.4, -0.2) is 26.8 Å². The molecule has 0 saturated heterocycles. The molecule has 0 aliphatic carbocycles. The van der Waals surface area contributed by atoms with Gasteiger partial charge in [0.25, 0.3) is 0 Å². The Labute approximate surface area is 103 Å². The number of hydrogen-bond acceptors (Lipinski definition) is 2. The van der Waals surface area contributed by atoms with Crippen LogP contribution in [0.25, 0.3) is 0 Å². The maximum atomic E-state index is 13.7. The van der Waals surface area contributed by atoms with E-state index in [1.807, 2.05) is 26.1 Å². The lowest BCUT2D eigenvalue weighted by molar-refractivity contribution is 0.141. The molecule has 1 unspecified atom stereocenters. The summed E-state index contributed by atoms with van der Waals surface area (Å²) in [5, 5.41) is 3.13. The third-order valence-corrected chi connectivity index (χ3v) is 2.84. The fraction of sp³-hybridized carbons (Fsp3) is 0.571. The summed E-state index contributed by atoms with van der Waals surface area (Å²) in [6.45, 7) is 4.29. The molecule has 0 spiro atoms. The van der Waals surface area contributed by atoms with Crippen molar-refractivity contribution in [3.8, 4) is 0 Å². The highest BCUT2D eigenvalue weighted by atomic mass is 19.1. The first-order valence-electron chi connectivity index (χ1n) is 6.26. The molecule has 1 aromatic rings. The smallest absolute Gasteiger partial charge is 0.126 e. The summed E-state index contributed by atoms with van der Waals surface area (Å²) in [4.78, 5) is 0. The van der Waals surface area contributed by atoms with Crippen LogP contribution < -0.4 is 5.32 Å². The van der Waals surface area contributed by atoms with Gasteiger partial charge >= 0.3 is 0 Å². The Bertz CT molecular complexity index is 317. The quantitative estimate of drug-likeness (QED) is 0.704. The Hall–Kier alpha value is -0.930. The Morgan fingerprint density at radius 2 is 2.12 bits per heavy atom. The van der Waals surface area contributed by atoms with Crippen LogP contribution >= 0.6 is 0 Å². The lowest BCUT2D eigenvalue weighted by atomic mass is 9.94. The fourth-order valence-electron chi connectivity index (χ4n) is 2.00. The first-order chi connectivity index (χ1) is 8.29. The average molecular weight is 239 g/mol. The first-order valence-corrected chi connectivity index (χ1v) is 6.26. The molecule has 0 saturated carbocycles. The molecule has 2 nitrogen and oxygen atoms in total. The second kappa shape index (κ2) is 8.20. The monoisotopic (exact) mass is 239 g/mol. The Balaban J connectivity index is 2.56. The van der Waals surface area contributed by atoms with E-state index in [1.54, 1.807) is 6.07 Å². The van der Waals surface area contributed by atoms with Gasteiger partial charge in [0.2, 0.25) is 0 Å². The van der Waals surface area contributed by atoms with Gasteiger partial charge in [-0.15, -0.1) is 0 Å². The zero-order valence-electron chi connectivity index (χ0n) is 10.7. The third-order valence-electron chi connectivity index (χ3n) is 2.84. The summed E-state index contributed by atoms with van der Waals surface area (Å²) in [5.41, 5.74) is 0.804. The summed E-state index contributed by atoms with van der Waals surface area (Å²) in [6.07, 6.45) is 1.91. The van der Waals surface area contributed by atoms with Gasteiger partial charge in [-0.25, -0.2) is 4.39 Å². The molecule has 1 N–H and O–H groups in total. The zero-order chi connectivity index (χ0) is 12.5. The summed E-state index contributed by atoms with van der Waals surface area (Å²) < 4.78 is 19.0. The zero-order valence-corrected chi connectivity index (χ0v) is 10.7. The van der Waals surface area contributed by atoms with Crippen molar-refractivity contribution in [2.24, 2.45) is 0 Å². The molecule has 0 bridgehead atoms. The van der Waals surface area contributed by atoms with Gasteiger partial charge in [-0.1, -0.05) is 18.2 Å². The largest absolute Gasteiger partial charge is 0.382 e. The minimum absolute atomic E-state index is 0.107. The maximum Gasteiger partial charge on any atom is 0.126 e. The average Bonchev–Trinajstić information content (AvgIpc) is 2.34.